The van der Waals surface area contributed by atoms with Crippen molar-refractivity contribution in [3.63, 3.8) is 0 Å². The summed E-state index contributed by atoms with van der Waals surface area (Å²) in [6, 6.07) is 0.585. The van der Waals surface area contributed by atoms with Gasteiger partial charge < -0.3 is 15.4 Å². The van der Waals surface area contributed by atoms with Gasteiger partial charge in [-0.1, -0.05) is 20.3 Å². The molecule has 0 bridgehead atoms. The van der Waals surface area contributed by atoms with Crippen molar-refractivity contribution in [2.45, 2.75) is 72.4 Å². The van der Waals surface area contributed by atoms with Crippen LogP contribution in [0.4, 0.5) is 4.79 Å². The fourth-order valence-corrected chi connectivity index (χ4v) is 2.52. The van der Waals surface area contributed by atoms with Crippen molar-refractivity contribution in [3.05, 3.63) is 0 Å². The first-order chi connectivity index (χ1) is 9.69. The lowest BCUT2D eigenvalue weighted by atomic mass is 9.80. The Labute approximate surface area is 130 Å². The quantitative estimate of drug-likeness (QED) is 0.755. The highest BCUT2D eigenvalue weighted by atomic mass is 16.6. The van der Waals surface area contributed by atoms with Gasteiger partial charge in [0.1, 0.15) is 5.60 Å². The van der Waals surface area contributed by atoms with Gasteiger partial charge in [-0.25, -0.2) is 4.79 Å². The first-order valence-electron chi connectivity index (χ1n) is 8.39. The van der Waals surface area contributed by atoms with E-state index in [0.717, 1.165) is 12.5 Å². The molecule has 1 rings (SSSR count). The van der Waals surface area contributed by atoms with Crippen LogP contribution in [-0.2, 0) is 4.74 Å². The number of ether oxygens (including phenoxy) is 1. The number of nitrogens with one attached hydrogen (secondary N) is 2. The molecule has 1 amide bonds. The Kier molecular flexibility index (Phi) is 6.98. The fraction of sp³-hybridized carbons (Fsp3) is 0.941. The molecule has 0 spiro atoms. The van der Waals surface area contributed by atoms with E-state index in [1.165, 1.54) is 19.3 Å². The number of hydrogen-bond acceptors (Lipinski definition) is 3. The van der Waals surface area contributed by atoms with Crippen molar-refractivity contribution < 1.29 is 9.53 Å². The Morgan fingerprint density at radius 3 is 2.24 bits per heavy atom. The number of rotatable bonds is 7. The monoisotopic (exact) mass is 298 g/mol. The van der Waals surface area contributed by atoms with E-state index in [1.54, 1.807) is 0 Å². The van der Waals surface area contributed by atoms with Gasteiger partial charge in [0, 0.05) is 19.1 Å². The van der Waals surface area contributed by atoms with Gasteiger partial charge in [-0.2, -0.15) is 0 Å². The molecule has 21 heavy (non-hydrogen) atoms. The molecule has 0 aromatic heterocycles. The van der Waals surface area contributed by atoms with Crippen LogP contribution >= 0.6 is 0 Å². The highest BCUT2D eigenvalue weighted by Crippen LogP contribution is 2.29. The zero-order valence-electron chi connectivity index (χ0n) is 14.7. The number of hydrogen-bond donors (Lipinski definition) is 2. The van der Waals surface area contributed by atoms with Crippen LogP contribution in [0.2, 0.25) is 0 Å². The summed E-state index contributed by atoms with van der Waals surface area (Å²) < 4.78 is 5.29. The molecular formula is C17H34N2O2. The summed E-state index contributed by atoms with van der Waals surface area (Å²) >= 11 is 0. The van der Waals surface area contributed by atoms with Gasteiger partial charge in [0.15, 0.2) is 0 Å². The van der Waals surface area contributed by atoms with Crippen LogP contribution in [0.15, 0.2) is 0 Å². The smallest absolute Gasteiger partial charge is 0.407 e. The van der Waals surface area contributed by atoms with Crippen LogP contribution in [0, 0.1) is 17.8 Å². The number of carbonyl (C=O) groups excluding carboxylic acids is 1. The van der Waals surface area contributed by atoms with Gasteiger partial charge in [0.2, 0.25) is 0 Å². The zero-order chi connectivity index (χ0) is 16.0. The third kappa shape index (κ3) is 7.16. The Balaban J connectivity index is 2.30. The molecule has 1 aliphatic carbocycles. The van der Waals surface area contributed by atoms with E-state index >= 15 is 0 Å². The third-order valence-electron chi connectivity index (χ3n) is 4.41. The van der Waals surface area contributed by atoms with E-state index in [1.807, 2.05) is 20.8 Å². The summed E-state index contributed by atoms with van der Waals surface area (Å²) in [6.45, 7) is 14.0. The average molecular weight is 298 g/mol. The van der Waals surface area contributed by atoms with Crippen LogP contribution in [-0.4, -0.2) is 30.8 Å². The second kappa shape index (κ2) is 8.02. The van der Waals surface area contributed by atoms with Crippen molar-refractivity contribution in [2.75, 3.05) is 13.1 Å². The summed E-state index contributed by atoms with van der Waals surface area (Å²) in [4.78, 5) is 11.7. The van der Waals surface area contributed by atoms with Crippen LogP contribution < -0.4 is 10.6 Å². The normalized spacial score (nSPS) is 19.0. The molecule has 0 aliphatic heterocycles. The molecule has 0 aromatic rings. The maximum Gasteiger partial charge on any atom is 0.407 e. The molecule has 2 N–H and O–H groups in total. The molecule has 2 atom stereocenters. The molecule has 124 valence electrons. The highest BCUT2D eigenvalue weighted by molar-refractivity contribution is 5.67. The van der Waals surface area contributed by atoms with E-state index in [9.17, 15) is 4.79 Å². The SMILES string of the molecule is CC(C)C(CNC(=O)OC(C)(C)C)CNC(C)C1CCC1. The van der Waals surface area contributed by atoms with Gasteiger partial charge in [0.25, 0.3) is 0 Å². The molecule has 0 aromatic carbocycles. The topological polar surface area (TPSA) is 50.4 Å². The minimum absolute atomic E-state index is 0.319. The summed E-state index contributed by atoms with van der Waals surface area (Å²) in [6.07, 6.45) is 3.78. The third-order valence-corrected chi connectivity index (χ3v) is 4.41. The van der Waals surface area contributed by atoms with Crippen LogP contribution in [0.5, 0.6) is 0 Å². The Bertz CT molecular complexity index is 319. The molecule has 2 unspecified atom stereocenters. The number of alkyl carbamates (subject to hydrolysis) is 1. The Morgan fingerprint density at radius 1 is 1.19 bits per heavy atom. The second-order valence-electron chi connectivity index (χ2n) is 7.77. The molecule has 4 nitrogen and oxygen atoms in total. The van der Waals surface area contributed by atoms with Gasteiger partial charge in [-0.3, -0.25) is 0 Å². The Morgan fingerprint density at radius 2 is 1.81 bits per heavy atom. The van der Waals surface area contributed by atoms with E-state index in [-0.39, 0.29) is 6.09 Å². The molecule has 0 saturated heterocycles. The van der Waals surface area contributed by atoms with Crippen molar-refractivity contribution in [3.8, 4) is 0 Å². The minimum Gasteiger partial charge on any atom is -0.444 e. The molecule has 0 heterocycles. The van der Waals surface area contributed by atoms with Gasteiger partial charge in [0.05, 0.1) is 0 Å². The fourth-order valence-electron chi connectivity index (χ4n) is 2.52. The minimum atomic E-state index is -0.436. The van der Waals surface area contributed by atoms with Crippen LogP contribution in [0.1, 0.15) is 60.8 Å². The van der Waals surface area contributed by atoms with E-state index < -0.39 is 5.60 Å². The van der Waals surface area contributed by atoms with Gasteiger partial charge >= 0.3 is 6.09 Å². The number of amides is 1. The zero-order valence-corrected chi connectivity index (χ0v) is 14.7. The molecule has 4 heteroatoms. The first kappa shape index (κ1) is 18.3. The lowest BCUT2D eigenvalue weighted by Gasteiger charge is -2.33. The van der Waals surface area contributed by atoms with E-state index in [4.69, 9.17) is 4.74 Å². The van der Waals surface area contributed by atoms with Crippen LogP contribution in [0.3, 0.4) is 0 Å². The molecule has 1 saturated carbocycles. The van der Waals surface area contributed by atoms with E-state index in [0.29, 0.717) is 24.4 Å². The maximum atomic E-state index is 11.7. The molecular weight excluding hydrogens is 264 g/mol. The second-order valence-corrected chi connectivity index (χ2v) is 7.77. The summed E-state index contributed by atoms with van der Waals surface area (Å²) in [5.41, 5.74) is -0.436. The van der Waals surface area contributed by atoms with Gasteiger partial charge in [-0.15, -0.1) is 0 Å². The highest BCUT2D eigenvalue weighted by Gasteiger charge is 2.25. The first-order valence-corrected chi connectivity index (χ1v) is 8.39. The summed E-state index contributed by atoms with van der Waals surface area (Å²) in [5.74, 6) is 1.80. The van der Waals surface area contributed by atoms with Crippen LogP contribution in [0.25, 0.3) is 0 Å². The van der Waals surface area contributed by atoms with Crippen molar-refractivity contribution in [1.82, 2.24) is 10.6 Å². The van der Waals surface area contributed by atoms with Gasteiger partial charge in [-0.05, 0) is 58.3 Å². The largest absolute Gasteiger partial charge is 0.444 e. The predicted molar refractivity (Wildman–Crippen MR) is 87.4 cm³/mol. The maximum absolute atomic E-state index is 11.7. The predicted octanol–water partition coefficient (Wildman–Crippen LogP) is 3.56. The van der Waals surface area contributed by atoms with E-state index in [2.05, 4.69) is 31.4 Å². The van der Waals surface area contributed by atoms with Crippen molar-refractivity contribution in [1.29, 1.82) is 0 Å². The average Bonchev–Trinajstić information content (AvgIpc) is 2.23. The lowest BCUT2D eigenvalue weighted by molar-refractivity contribution is 0.0514. The number of carbonyl (C=O) groups is 1. The summed E-state index contributed by atoms with van der Waals surface area (Å²) in [7, 11) is 0. The Hall–Kier alpha value is -0.770. The summed E-state index contributed by atoms with van der Waals surface area (Å²) in [5, 5.41) is 6.55. The molecule has 0 radical (unpaired) electrons. The van der Waals surface area contributed by atoms with Crippen molar-refractivity contribution >= 4 is 6.09 Å². The molecule has 1 aliphatic rings. The standard InChI is InChI=1S/C17H34N2O2/c1-12(2)15(10-18-13(3)14-8-7-9-14)11-19-16(20)21-17(4,5)6/h12-15,18H,7-11H2,1-6H3,(H,19,20). The molecule has 1 fully saturated rings. The lowest BCUT2D eigenvalue weighted by Crippen LogP contribution is -2.44. The van der Waals surface area contributed by atoms with Crippen molar-refractivity contribution in [2.24, 2.45) is 17.8 Å².